The monoisotopic (exact) mass is 372 g/mol. The summed E-state index contributed by atoms with van der Waals surface area (Å²) < 4.78 is 32.1. The summed E-state index contributed by atoms with van der Waals surface area (Å²) in [6.45, 7) is 5.00. The van der Waals surface area contributed by atoms with Crippen LogP contribution in [0.25, 0.3) is 0 Å². The van der Waals surface area contributed by atoms with Gasteiger partial charge >= 0.3 is 6.09 Å². The second kappa shape index (κ2) is 7.96. The lowest BCUT2D eigenvalue weighted by Gasteiger charge is -2.30. The number of rotatable bonds is 4. The van der Waals surface area contributed by atoms with Crippen LogP contribution in [0.15, 0.2) is 41.3 Å². The van der Waals surface area contributed by atoms with Gasteiger partial charge in [0.2, 0.25) is 0 Å². The topological polar surface area (TPSA) is 135 Å². The van der Waals surface area contributed by atoms with Crippen molar-refractivity contribution < 1.29 is 28.9 Å². The second-order valence-corrected chi connectivity index (χ2v) is 8.29. The number of carbonyl (C=O) groups is 1. The molecule has 1 amide bonds. The van der Waals surface area contributed by atoms with Crippen molar-refractivity contribution in [3.05, 3.63) is 41.6 Å². The van der Waals surface area contributed by atoms with Gasteiger partial charge in [-0.15, -0.1) is 0 Å². The Bertz CT molecular complexity index is 739. The smallest absolute Gasteiger partial charge is 0.424 e. The van der Waals surface area contributed by atoms with Crippen LogP contribution in [0.5, 0.6) is 0 Å². The molecule has 140 valence electrons. The van der Waals surface area contributed by atoms with E-state index in [1.54, 1.807) is 32.9 Å². The molecule has 0 bridgehead atoms. The molecule has 0 radical (unpaired) electrons. The Hall–Kier alpha value is -1.94. The molecule has 4 N–H and O–H groups in total. The normalized spacial score (nSPS) is 17.0. The predicted molar refractivity (Wildman–Crippen MR) is 92.4 cm³/mol. The average molecular weight is 372 g/mol. The van der Waals surface area contributed by atoms with E-state index in [9.17, 15) is 18.4 Å². The molecule has 8 nitrogen and oxygen atoms in total. The minimum Gasteiger partial charge on any atom is -0.630 e. The van der Waals surface area contributed by atoms with Crippen LogP contribution in [0.4, 0.5) is 10.5 Å². The molecule has 0 saturated carbocycles. The van der Waals surface area contributed by atoms with Gasteiger partial charge in [0.25, 0.3) is 10.0 Å². The lowest BCUT2D eigenvalue weighted by molar-refractivity contribution is -0.499. The summed E-state index contributed by atoms with van der Waals surface area (Å²) in [5, 5.41) is 11.2. The first-order chi connectivity index (χ1) is 11.2. The van der Waals surface area contributed by atoms with E-state index >= 15 is 0 Å². The number of allylic oxidation sites excluding steroid dienone is 1. The second-order valence-electron chi connectivity index (χ2n) is 6.51. The molecule has 9 heteroatoms. The predicted octanol–water partition coefficient (Wildman–Crippen LogP) is 1.20. The SMILES string of the molecule is CC(C)(C)OC(=O)N(C1C=CCC1)S(=O)(=O)c1ccccc1[NH2+][O-].O. The van der Waals surface area contributed by atoms with Gasteiger partial charge in [-0.25, -0.2) is 13.2 Å². The summed E-state index contributed by atoms with van der Waals surface area (Å²) in [7, 11) is -4.22. The Morgan fingerprint density at radius 2 is 1.96 bits per heavy atom. The van der Waals surface area contributed by atoms with Crippen LogP contribution in [-0.4, -0.2) is 35.9 Å². The van der Waals surface area contributed by atoms with Gasteiger partial charge in [-0.3, -0.25) is 0 Å². The molecule has 0 aromatic heterocycles. The molecule has 1 aromatic rings. The minimum atomic E-state index is -4.22. The molecule has 1 aliphatic rings. The van der Waals surface area contributed by atoms with E-state index in [-0.39, 0.29) is 16.1 Å². The number of ether oxygens (including phenoxy) is 1. The van der Waals surface area contributed by atoms with Gasteiger partial charge in [-0.05, 0) is 39.7 Å². The largest absolute Gasteiger partial charge is 0.630 e. The van der Waals surface area contributed by atoms with Gasteiger partial charge in [-0.2, -0.15) is 4.31 Å². The number of nitrogens with zero attached hydrogens (tertiary/aromatic N) is 1. The summed E-state index contributed by atoms with van der Waals surface area (Å²) >= 11 is 0. The van der Waals surface area contributed by atoms with Gasteiger partial charge < -0.3 is 20.9 Å². The maximum atomic E-state index is 13.1. The first-order valence-electron chi connectivity index (χ1n) is 7.65. The van der Waals surface area contributed by atoms with Crippen molar-refractivity contribution in [2.75, 3.05) is 0 Å². The maximum absolute atomic E-state index is 13.1. The van der Waals surface area contributed by atoms with Crippen molar-refractivity contribution in [1.29, 1.82) is 0 Å². The molecule has 1 unspecified atom stereocenters. The molecule has 0 fully saturated rings. The third-order valence-electron chi connectivity index (χ3n) is 3.44. The van der Waals surface area contributed by atoms with E-state index in [1.807, 2.05) is 6.08 Å². The lowest BCUT2D eigenvalue weighted by atomic mass is 10.2. The number of hydrogen-bond donors (Lipinski definition) is 1. The molecular weight excluding hydrogens is 348 g/mol. The van der Waals surface area contributed by atoms with Gasteiger partial charge in [0, 0.05) is 6.07 Å². The third-order valence-corrected chi connectivity index (χ3v) is 5.31. The molecule has 25 heavy (non-hydrogen) atoms. The number of sulfonamides is 1. The van der Waals surface area contributed by atoms with E-state index in [0.29, 0.717) is 18.3 Å². The number of hydrogen-bond acceptors (Lipinski definition) is 5. The Balaban J connectivity index is 0.00000312. The molecular formula is C16H24N2O6S. The first kappa shape index (κ1) is 21.1. The van der Waals surface area contributed by atoms with Crippen LogP contribution in [0.2, 0.25) is 0 Å². The van der Waals surface area contributed by atoms with Crippen LogP contribution in [0, 0.1) is 5.21 Å². The van der Waals surface area contributed by atoms with E-state index < -0.39 is 27.8 Å². The Kier molecular flexibility index (Phi) is 6.72. The zero-order valence-electron chi connectivity index (χ0n) is 14.4. The fourth-order valence-electron chi connectivity index (χ4n) is 2.45. The summed E-state index contributed by atoms with van der Waals surface area (Å²) in [6, 6.07) is 5.17. The van der Waals surface area contributed by atoms with Gasteiger partial charge in [0.15, 0.2) is 0 Å². The quantitative estimate of drug-likeness (QED) is 0.481. The molecule has 1 aromatic carbocycles. The van der Waals surface area contributed by atoms with Crippen LogP contribution < -0.4 is 5.48 Å². The van der Waals surface area contributed by atoms with E-state index in [1.165, 1.54) is 18.2 Å². The molecule has 0 spiro atoms. The summed E-state index contributed by atoms with van der Waals surface area (Å²) in [4.78, 5) is 12.4. The maximum Gasteiger partial charge on any atom is 0.424 e. The number of nitrogens with two attached hydrogens (primary N) is 1. The Morgan fingerprint density at radius 3 is 2.48 bits per heavy atom. The average Bonchev–Trinajstić information content (AvgIpc) is 2.98. The number of carbonyl (C=O) groups excluding carboxylic acids is 1. The van der Waals surface area contributed by atoms with Crippen LogP contribution in [0.3, 0.4) is 0 Å². The highest BCUT2D eigenvalue weighted by atomic mass is 32.2. The van der Waals surface area contributed by atoms with Gasteiger partial charge in [0.1, 0.15) is 16.2 Å². The van der Waals surface area contributed by atoms with E-state index in [4.69, 9.17) is 4.74 Å². The molecule has 1 aliphatic carbocycles. The fraction of sp³-hybridized carbons (Fsp3) is 0.438. The minimum absolute atomic E-state index is 0. The third kappa shape index (κ3) is 4.79. The summed E-state index contributed by atoms with van der Waals surface area (Å²) in [5.41, 5.74) is -0.366. The molecule has 0 saturated heterocycles. The van der Waals surface area contributed by atoms with Crippen LogP contribution in [-0.2, 0) is 14.8 Å². The highest BCUT2D eigenvalue weighted by molar-refractivity contribution is 7.89. The van der Waals surface area contributed by atoms with Crippen LogP contribution >= 0.6 is 0 Å². The number of amides is 1. The summed E-state index contributed by atoms with van der Waals surface area (Å²) in [6.07, 6.45) is 3.71. The van der Waals surface area contributed by atoms with Gasteiger partial charge in [-0.1, -0.05) is 24.3 Å². The molecule has 0 heterocycles. The number of benzene rings is 1. The zero-order chi connectivity index (χ0) is 18.0. The molecule has 2 rings (SSSR count). The summed E-state index contributed by atoms with van der Waals surface area (Å²) in [5.74, 6) is 0. The highest BCUT2D eigenvalue weighted by Gasteiger charge is 2.39. The van der Waals surface area contributed by atoms with Crippen molar-refractivity contribution in [3.63, 3.8) is 0 Å². The Morgan fingerprint density at radius 1 is 1.32 bits per heavy atom. The highest BCUT2D eigenvalue weighted by Crippen LogP contribution is 2.29. The molecule has 1 atom stereocenters. The van der Waals surface area contributed by atoms with Crippen molar-refractivity contribution in [1.82, 2.24) is 4.31 Å². The van der Waals surface area contributed by atoms with Gasteiger partial charge in [0.05, 0.1) is 6.04 Å². The van der Waals surface area contributed by atoms with Crippen molar-refractivity contribution >= 4 is 21.8 Å². The lowest BCUT2D eigenvalue weighted by Crippen LogP contribution is -2.70. The Labute approximate surface area is 147 Å². The van der Waals surface area contributed by atoms with Crippen molar-refractivity contribution in [3.8, 4) is 0 Å². The van der Waals surface area contributed by atoms with E-state index in [0.717, 1.165) is 4.31 Å². The van der Waals surface area contributed by atoms with E-state index in [2.05, 4.69) is 0 Å². The van der Waals surface area contributed by atoms with Crippen molar-refractivity contribution in [2.24, 2.45) is 0 Å². The fourth-order valence-corrected chi connectivity index (χ4v) is 4.09. The zero-order valence-corrected chi connectivity index (χ0v) is 15.2. The first-order valence-corrected chi connectivity index (χ1v) is 9.09. The van der Waals surface area contributed by atoms with Crippen LogP contribution in [0.1, 0.15) is 33.6 Å². The standard InChI is InChI=1S/C16H22N2O5S.H2O/c1-16(2,3)23-15(19)18(12-8-4-5-9-12)24(21,22)14-11-7-6-10-13(14)17-20;/h4,6-8,10-12H,5,9,17H2,1-3H3;1H2. The van der Waals surface area contributed by atoms with Crippen molar-refractivity contribution in [2.45, 2.75) is 50.2 Å². The molecule has 0 aliphatic heterocycles. The number of quaternary nitrogens is 1.